The normalized spacial score (nSPS) is 11.8. The van der Waals surface area contributed by atoms with Gasteiger partial charge in [0.05, 0.1) is 11.5 Å². The highest BCUT2D eigenvalue weighted by atomic mass is 32.2. The third-order valence-electron chi connectivity index (χ3n) is 2.33. The summed E-state index contributed by atoms with van der Waals surface area (Å²) in [6.07, 6.45) is 0.881. The van der Waals surface area contributed by atoms with Gasteiger partial charge in [0.15, 0.2) is 0 Å². The minimum Gasteiger partial charge on any atom is -0.493 e. The maximum atomic E-state index is 12.0. The van der Waals surface area contributed by atoms with Crippen LogP contribution < -0.4 is 15.3 Å². The first-order valence-electron chi connectivity index (χ1n) is 6.06. The van der Waals surface area contributed by atoms with Gasteiger partial charge in [-0.05, 0) is 24.6 Å². The van der Waals surface area contributed by atoms with Crippen LogP contribution >= 0.6 is 0 Å². The van der Waals surface area contributed by atoms with E-state index in [1.807, 2.05) is 6.92 Å². The molecule has 7 heteroatoms. The lowest BCUT2D eigenvalue weighted by Gasteiger charge is -2.15. The number of sulfonamides is 1. The Kier molecular flexibility index (Phi) is 5.74. The van der Waals surface area contributed by atoms with Crippen LogP contribution in [0.4, 0.5) is 0 Å². The van der Waals surface area contributed by atoms with Crippen LogP contribution in [-0.4, -0.2) is 34.1 Å². The molecule has 0 aliphatic rings. The Morgan fingerprint density at radius 1 is 1.37 bits per heavy atom. The van der Waals surface area contributed by atoms with Gasteiger partial charge in [0.1, 0.15) is 5.75 Å². The number of hydrogen-bond donors (Lipinski definition) is 2. The first-order chi connectivity index (χ1) is 8.90. The minimum atomic E-state index is -3.56. The van der Waals surface area contributed by atoms with Crippen molar-refractivity contribution in [1.29, 1.82) is 0 Å². The van der Waals surface area contributed by atoms with E-state index < -0.39 is 10.0 Å². The second-order valence-corrected chi connectivity index (χ2v) is 5.97. The van der Waals surface area contributed by atoms with Gasteiger partial charge in [-0.25, -0.2) is 13.4 Å². The predicted molar refractivity (Wildman–Crippen MR) is 74.1 cm³/mol. The fourth-order valence-corrected chi connectivity index (χ4v) is 2.66. The zero-order valence-corrected chi connectivity index (χ0v) is 12.3. The van der Waals surface area contributed by atoms with Crippen LogP contribution in [0.15, 0.2) is 23.1 Å². The summed E-state index contributed by atoms with van der Waals surface area (Å²) in [5.74, 6) is 0.633. The van der Waals surface area contributed by atoms with Gasteiger partial charge in [0, 0.05) is 26.2 Å². The van der Waals surface area contributed by atoms with E-state index in [1.165, 1.54) is 17.1 Å². The van der Waals surface area contributed by atoms with E-state index in [4.69, 9.17) is 10.5 Å². The molecule has 1 aromatic carbocycles. The Bertz CT molecular complexity index is 515. The third kappa shape index (κ3) is 4.46. The van der Waals surface area contributed by atoms with Gasteiger partial charge in [0.2, 0.25) is 0 Å². The molecule has 3 N–H and O–H groups in total. The van der Waals surface area contributed by atoms with Gasteiger partial charge in [-0.15, -0.1) is 4.83 Å². The number of nitrogens with one attached hydrogen (secondary N) is 1. The Labute approximate surface area is 114 Å². The second-order valence-electron chi connectivity index (χ2n) is 4.31. The van der Waals surface area contributed by atoms with E-state index in [9.17, 15) is 8.42 Å². The summed E-state index contributed by atoms with van der Waals surface area (Å²) >= 11 is 0. The molecule has 0 fully saturated rings. The number of rotatable bonds is 7. The summed E-state index contributed by atoms with van der Waals surface area (Å²) in [5.41, 5.74) is 6.31. The van der Waals surface area contributed by atoms with Crippen LogP contribution in [0.3, 0.4) is 0 Å². The third-order valence-corrected chi connectivity index (χ3v) is 3.81. The van der Waals surface area contributed by atoms with Gasteiger partial charge in [-0.1, -0.05) is 6.92 Å². The summed E-state index contributed by atoms with van der Waals surface area (Å²) in [4.78, 5) is 2.55. The number of benzene rings is 1. The monoisotopic (exact) mass is 287 g/mol. The summed E-state index contributed by atoms with van der Waals surface area (Å²) in [6.45, 7) is 2.81. The Hall–Kier alpha value is -1.15. The summed E-state index contributed by atoms with van der Waals surface area (Å²) in [5, 5.41) is 1.37. The molecule has 0 atom stereocenters. The first-order valence-corrected chi connectivity index (χ1v) is 7.54. The van der Waals surface area contributed by atoms with E-state index in [0.717, 1.165) is 6.42 Å². The van der Waals surface area contributed by atoms with Crippen molar-refractivity contribution in [1.82, 2.24) is 9.84 Å². The van der Waals surface area contributed by atoms with E-state index in [0.29, 0.717) is 17.9 Å². The van der Waals surface area contributed by atoms with Crippen LogP contribution in [0.5, 0.6) is 5.75 Å². The average Bonchev–Trinajstić information content (AvgIpc) is 2.34. The summed E-state index contributed by atoms with van der Waals surface area (Å²) in [7, 11) is -0.342. The van der Waals surface area contributed by atoms with Crippen molar-refractivity contribution in [2.75, 3.05) is 20.7 Å². The fourth-order valence-electron chi connectivity index (χ4n) is 1.53. The SMILES string of the molecule is CCCOc1ccc(S(=O)(=O)NN(C)C)cc1CN. The van der Waals surface area contributed by atoms with Crippen molar-refractivity contribution in [3.05, 3.63) is 23.8 Å². The van der Waals surface area contributed by atoms with Crippen molar-refractivity contribution in [3.8, 4) is 5.75 Å². The number of ether oxygens (including phenoxy) is 1. The van der Waals surface area contributed by atoms with Gasteiger partial charge >= 0.3 is 0 Å². The van der Waals surface area contributed by atoms with Crippen LogP contribution in [-0.2, 0) is 16.6 Å². The largest absolute Gasteiger partial charge is 0.493 e. The molecular weight excluding hydrogens is 266 g/mol. The molecule has 6 nitrogen and oxygen atoms in total. The van der Waals surface area contributed by atoms with E-state index in [2.05, 4.69) is 4.83 Å². The van der Waals surface area contributed by atoms with Gasteiger partial charge in [-0.3, -0.25) is 0 Å². The van der Waals surface area contributed by atoms with Gasteiger partial charge in [-0.2, -0.15) is 0 Å². The predicted octanol–water partition coefficient (Wildman–Crippen LogP) is 0.689. The minimum absolute atomic E-state index is 0.172. The molecule has 0 amide bonds. The second kappa shape index (κ2) is 6.85. The molecule has 0 spiro atoms. The maximum absolute atomic E-state index is 12.0. The van der Waals surface area contributed by atoms with Crippen molar-refractivity contribution in [2.45, 2.75) is 24.8 Å². The maximum Gasteiger partial charge on any atom is 0.253 e. The lowest BCUT2D eigenvalue weighted by atomic mass is 10.2. The molecule has 1 aromatic rings. The Morgan fingerprint density at radius 2 is 2.05 bits per heavy atom. The fraction of sp³-hybridized carbons (Fsp3) is 0.500. The molecule has 0 bridgehead atoms. The molecule has 0 saturated carbocycles. The molecule has 0 aromatic heterocycles. The highest BCUT2D eigenvalue weighted by molar-refractivity contribution is 7.89. The zero-order valence-electron chi connectivity index (χ0n) is 11.5. The molecule has 0 aliphatic carbocycles. The van der Waals surface area contributed by atoms with Crippen molar-refractivity contribution in [3.63, 3.8) is 0 Å². The molecule has 0 radical (unpaired) electrons. The van der Waals surface area contributed by atoms with Crippen molar-refractivity contribution in [2.24, 2.45) is 5.73 Å². The van der Waals surface area contributed by atoms with Gasteiger partial charge in [0.25, 0.3) is 10.0 Å². The molecule has 0 heterocycles. The number of nitrogens with two attached hydrogens (primary N) is 1. The van der Waals surface area contributed by atoms with Crippen LogP contribution in [0, 0.1) is 0 Å². The molecule has 0 saturated heterocycles. The highest BCUT2D eigenvalue weighted by Crippen LogP contribution is 2.22. The molecule has 1 rings (SSSR count). The number of nitrogens with zero attached hydrogens (tertiary/aromatic N) is 1. The van der Waals surface area contributed by atoms with E-state index in [1.54, 1.807) is 20.2 Å². The molecule has 108 valence electrons. The molecule has 19 heavy (non-hydrogen) atoms. The average molecular weight is 287 g/mol. The lowest BCUT2D eigenvalue weighted by Crippen LogP contribution is -2.36. The Balaban J connectivity index is 3.06. The number of hydrogen-bond acceptors (Lipinski definition) is 5. The first kappa shape index (κ1) is 15.9. The van der Waals surface area contributed by atoms with Crippen LogP contribution in [0.2, 0.25) is 0 Å². The quantitative estimate of drug-likeness (QED) is 0.721. The smallest absolute Gasteiger partial charge is 0.253 e. The molecule has 0 aliphatic heterocycles. The van der Waals surface area contributed by atoms with Crippen LogP contribution in [0.1, 0.15) is 18.9 Å². The highest BCUT2D eigenvalue weighted by Gasteiger charge is 2.16. The van der Waals surface area contributed by atoms with Gasteiger partial charge < -0.3 is 10.5 Å². The zero-order chi connectivity index (χ0) is 14.5. The Morgan fingerprint density at radius 3 is 2.58 bits per heavy atom. The lowest BCUT2D eigenvalue weighted by molar-refractivity contribution is 0.314. The van der Waals surface area contributed by atoms with E-state index in [-0.39, 0.29) is 11.4 Å². The van der Waals surface area contributed by atoms with Crippen molar-refractivity contribution < 1.29 is 13.2 Å². The van der Waals surface area contributed by atoms with Crippen LogP contribution in [0.25, 0.3) is 0 Å². The van der Waals surface area contributed by atoms with E-state index >= 15 is 0 Å². The summed E-state index contributed by atoms with van der Waals surface area (Å²) in [6, 6.07) is 4.69. The van der Waals surface area contributed by atoms with Crippen molar-refractivity contribution >= 4 is 10.0 Å². The molecular formula is C12H21N3O3S. The summed E-state index contributed by atoms with van der Waals surface area (Å²) < 4.78 is 29.5. The topological polar surface area (TPSA) is 84.7 Å². The molecule has 0 unspecified atom stereocenters. The number of hydrazine groups is 1. The standard InChI is InChI=1S/C12H21N3O3S/c1-4-7-18-12-6-5-11(8-10(12)9-13)19(16,17)14-15(2)3/h5-6,8,14H,4,7,9,13H2,1-3H3.